The number of hydrogen-bond donors (Lipinski definition) is 1. The van der Waals surface area contributed by atoms with Crippen molar-refractivity contribution in [3.8, 4) is 0 Å². The number of rotatable bonds is 9. The normalized spacial score (nSPS) is 11.2. The summed E-state index contributed by atoms with van der Waals surface area (Å²) in [5, 5.41) is 12.0. The number of nitrogens with two attached hydrogens (primary N) is 1. The molecule has 3 aromatic rings. The number of thioether (sulfide) groups is 1. The van der Waals surface area contributed by atoms with Crippen LogP contribution in [0.5, 0.6) is 0 Å². The van der Waals surface area contributed by atoms with E-state index in [1.54, 1.807) is 11.6 Å². The first kappa shape index (κ1) is 22.5. The van der Waals surface area contributed by atoms with Gasteiger partial charge in [0.15, 0.2) is 5.78 Å². The molecule has 2 N–H and O–H groups in total. The molecule has 1 aromatic carbocycles. The fraction of sp³-hybridized carbons (Fsp3) is 0.400. The highest BCUT2D eigenvalue weighted by Gasteiger charge is 2.23. The second-order valence-corrected chi connectivity index (χ2v) is 8.36. The Kier molecular flexibility index (Phi) is 7.06. The number of benzene rings is 1. The molecule has 11 heteroatoms. The van der Waals surface area contributed by atoms with Gasteiger partial charge in [-0.3, -0.25) is 18.7 Å². The standard InChI is InChI=1S/C20H25N7O3S/c1-4-25-18(29)16(15(28)12-31-19-22-23-24-27(19)10-13(2)3)17(21)26(20(25)30)11-14-8-6-5-7-9-14/h5-9,13H,4,10-12,21H2,1-3H3. The van der Waals surface area contributed by atoms with E-state index in [-0.39, 0.29) is 30.2 Å². The topological polar surface area (TPSA) is 131 Å². The molecule has 0 aliphatic rings. The van der Waals surface area contributed by atoms with Crippen LogP contribution in [0.2, 0.25) is 0 Å². The minimum atomic E-state index is -0.679. The van der Waals surface area contributed by atoms with Crippen LogP contribution >= 0.6 is 11.8 Å². The molecule has 0 aliphatic carbocycles. The van der Waals surface area contributed by atoms with Gasteiger partial charge in [0.2, 0.25) is 5.16 Å². The third-order valence-electron chi connectivity index (χ3n) is 4.62. The average Bonchev–Trinajstić information content (AvgIpc) is 3.17. The second-order valence-electron chi connectivity index (χ2n) is 7.41. The Morgan fingerprint density at radius 3 is 2.52 bits per heavy atom. The Bertz CT molecular complexity index is 1180. The van der Waals surface area contributed by atoms with Crippen molar-refractivity contribution >= 4 is 23.4 Å². The molecule has 10 nitrogen and oxygen atoms in total. The van der Waals surface area contributed by atoms with Gasteiger partial charge in [-0.15, -0.1) is 5.10 Å². The number of hydrogen-bond acceptors (Lipinski definition) is 8. The number of tetrazole rings is 1. The highest BCUT2D eigenvalue weighted by Crippen LogP contribution is 2.18. The SMILES string of the molecule is CCn1c(=O)c(C(=O)CSc2nnnn2CC(C)C)c(N)n(Cc2ccccc2)c1=O. The Hall–Kier alpha value is -3.21. The van der Waals surface area contributed by atoms with Crippen LogP contribution in [-0.2, 0) is 19.6 Å². The summed E-state index contributed by atoms with van der Waals surface area (Å²) < 4.78 is 3.91. The summed E-state index contributed by atoms with van der Waals surface area (Å²) >= 11 is 1.13. The van der Waals surface area contributed by atoms with E-state index in [4.69, 9.17) is 5.73 Å². The zero-order chi connectivity index (χ0) is 22.5. The van der Waals surface area contributed by atoms with Crippen molar-refractivity contribution in [1.29, 1.82) is 0 Å². The first-order valence-corrected chi connectivity index (χ1v) is 10.9. The number of nitrogen functional groups attached to an aromatic ring is 1. The summed E-state index contributed by atoms with van der Waals surface area (Å²) in [4.78, 5) is 38.7. The van der Waals surface area contributed by atoms with Crippen molar-refractivity contribution in [3.05, 3.63) is 62.3 Å². The van der Waals surface area contributed by atoms with E-state index >= 15 is 0 Å². The van der Waals surface area contributed by atoms with Gasteiger partial charge in [-0.05, 0) is 28.8 Å². The predicted octanol–water partition coefficient (Wildman–Crippen LogP) is 1.28. The Labute approximate surface area is 183 Å². The van der Waals surface area contributed by atoms with E-state index in [9.17, 15) is 14.4 Å². The molecular weight excluding hydrogens is 418 g/mol. The minimum absolute atomic E-state index is 0.0782. The van der Waals surface area contributed by atoms with Crippen molar-refractivity contribution in [2.24, 2.45) is 5.92 Å². The summed E-state index contributed by atoms with van der Waals surface area (Å²) in [5.41, 5.74) is 5.60. The molecule has 0 saturated heterocycles. The summed E-state index contributed by atoms with van der Waals surface area (Å²) in [6.45, 7) is 6.64. The van der Waals surface area contributed by atoms with Gasteiger partial charge in [0.1, 0.15) is 11.4 Å². The number of ketones is 1. The quantitative estimate of drug-likeness (QED) is 0.386. The maximum atomic E-state index is 13.0. The monoisotopic (exact) mass is 443 g/mol. The molecule has 2 aromatic heterocycles. The molecule has 0 unspecified atom stereocenters. The lowest BCUT2D eigenvalue weighted by molar-refractivity contribution is 0.102. The van der Waals surface area contributed by atoms with Crippen LogP contribution in [0, 0.1) is 5.92 Å². The third-order valence-corrected chi connectivity index (χ3v) is 5.57. The van der Waals surface area contributed by atoms with Crippen LogP contribution in [0.15, 0.2) is 45.1 Å². The zero-order valence-corrected chi connectivity index (χ0v) is 18.5. The Morgan fingerprint density at radius 2 is 1.87 bits per heavy atom. The number of aromatic nitrogens is 6. The van der Waals surface area contributed by atoms with E-state index in [0.717, 1.165) is 21.9 Å². The van der Waals surface area contributed by atoms with Gasteiger partial charge in [-0.1, -0.05) is 55.9 Å². The van der Waals surface area contributed by atoms with Crippen molar-refractivity contribution in [1.82, 2.24) is 29.3 Å². The van der Waals surface area contributed by atoms with Crippen LogP contribution in [0.25, 0.3) is 0 Å². The Balaban J connectivity index is 1.94. The van der Waals surface area contributed by atoms with E-state index in [0.29, 0.717) is 17.6 Å². The molecule has 164 valence electrons. The van der Waals surface area contributed by atoms with Crippen molar-refractivity contribution < 1.29 is 4.79 Å². The van der Waals surface area contributed by atoms with Crippen LogP contribution in [0.4, 0.5) is 5.82 Å². The third kappa shape index (κ3) is 4.93. The maximum Gasteiger partial charge on any atom is 0.332 e. The van der Waals surface area contributed by atoms with Gasteiger partial charge >= 0.3 is 5.69 Å². The smallest absolute Gasteiger partial charge is 0.332 e. The lowest BCUT2D eigenvalue weighted by Crippen LogP contribution is -2.44. The summed E-state index contributed by atoms with van der Waals surface area (Å²) in [6.07, 6.45) is 0. The van der Waals surface area contributed by atoms with Crippen LogP contribution in [0.3, 0.4) is 0 Å². The maximum absolute atomic E-state index is 13.0. The van der Waals surface area contributed by atoms with Crippen molar-refractivity contribution in [2.45, 2.75) is 45.6 Å². The average molecular weight is 444 g/mol. The molecule has 31 heavy (non-hydrogen) atoms. The zero-order valence-electron chi connectivity index (χ0n) is 17.7. The molecule has 0 atom stereocenters. The predicted molar refractivity (Wildman–Crippen MR) is 118 cm³/mol. The molecule has 0 radical (unpaired) electrons. The minimum Gasteiger partial charge on any atom is -0.384 e. The van der Waals surface area contributed by atoms with Crippen LogP contribution in [0.1, 0.15) is 36.7 Å². The van der Waals surface area contributed by atoms with Gasteiger partial charge in [0, 0.05) is 13.1 Å². The van der Waals surface area contributed by atoms with Crippen molar-refractivity contribution in [2.75, 3.05) is 11.5 Å². The first-order valence-electron chi connectivity index (χ1n) is 9.92. The molecule has 0 bridgehead atoms. The molecule has 2 heterocycles. The molecule has 0 spiro atoms. The van der Waals surface area contributed by atoms with Gasteiger partial charge < -0.3 is 5.73 Å². The van der Waals surface area contributed by atoms with Gasteiger partial charge in [0.05, 0.1) is 12.3 Å². The number of nitrogens with zero attached hydrogens (tertiary/aromatic N) is 6. The van der Waals surface area contributed by atoms with Gasteiger partial charge in [0.25, 0.3) is 5.56 Å². The van der Waals surface area contributed by atoms with Crippen LogP contribution in [-0.4, -0.2) is 40.9 Å². The fourth-order valence-electron chi connectivity index (χ4n) is 3.14. The number of Topliss-reactive ketones (excluding diaryl/α,β-unsaturated/α-hetero) is 1. The van der Waals surface area contributed by atoms with E-state index in [2.05, 4.69) is 15.5 Å². The van der Waals surface area contributed by atoms with E-state index < -0.39 is 17.0 Å². The summed E-state index contributed by atoms with van der Waals surface area (Å²) in [6, 6.07) is 9.24. The lowest BCUT2D eigenvalue weighted by Gasteiger charge is -2.15. The van der Waals surface area contributed by atoms with E-state index in [1.807, 2.05) is 44.2 Å². The molecule has 3 rings (SSSR count). The second kappa shape index (κ2) is 9.73. The number of carbonyl (C=O) groups is 1. The summed E-state index contributed by atoms with van der Waals surface area (Å²) in [5.74, 6) is -0.357. The largest absolute Gasteiger partial charge is 0.384 e. The van der Waals surface area contributed by atoms with Gasteiger partial charge in [-0.25, -0.2) is 9.48 Å². The molecule has 0 aliphatic heterocycles. The Morgan fingerprint density at radius 1 is 1.16 bits per heavy atom. The van der Waals surface area contributed by atoms with Crippen molar-refractivity contribution in [3.63, 3.8) is 0 Å². The number of anilines is 1. The van der Waals surface area contributed by atoms with Crippen LogP contribution < -0.4 is 17.0 Å². The van der Waals surface area contributed by atoms with Gasteiger partial charge in [-0.2, -0.15) is 0 Å². The molecule has 0 amide bonds. The first-order chi connectivity index (χ1) is 14.8. The molecule has 0 saturated carbocycles. The highest BCUT2D eigenvalue weighted by molar-refractivity contribution is 7.99. The van der Waals surface area contributed by atoms with E-state index in [1.165, 1.54) is 4.57 Å². The number of carbonyl (C=O) groups excluding carboxylic acids is 1. The molecule has 0 fully saturated rings. The summed E-state index contributed by atoms with van der Waals surface area (Å²) in [7, 11) is 0. The fourth-order valence-corrected chi connectivity index (χ4v) is 3.90. The lowest BCUT2D eigenvalue weighted by atomic mass is 10.2. The molecular formula is C20H25N7O3S. The highest BCUT2D eigenvalue weighted by atomic mass is 32.2.